The second-order valence-electron chi connectivity index (χ2n) is 3.40. The summed E-state index contributed by atoms with van der Waals surface area (Å²) in [6, 6.07) is 0.218. The zero-order valence-corrected chi connectivity index (χ0v) is 9.21. The van der Waals surface area contributed by atoms with E-state index in [1.165, 1.54) is 25.3 Å². The van der Waals surface area contributed by atoms with Crippen LogP contribution in [0.4, 0.5) is 0 Å². The Morgan fingerprint density at radius 3 is 2.86 bits per heavy atom. The number of carbonyl (C=O) groups excluding carboxylic acids is 1. The smallest absolute Gasteiger partial charge is 0.330 e. The van der Waals surface area contributed by atoms with Crippen LogP contribution in [0.3, 0.4) is 0 Å². The minimum absolute atomic E-state index is 0.218. The predicted molar refractivity (Wildman–Crippen MR) is 58.1 cm³/mol. The second kappa shape index (κ2) is 8.75. The highest BCUT2D eigenvalue weighted by Gasteiger charge is 2.02. The molecule has 1 N–H and O–H groups in total. The van der Waals surface area contributed by atoms with Gasteiger partial charge in [-0.1, -0.05) is 26.3 Å². The maximum Gasteiger partial charge on any atom is 0.330 e. The van der Waals surface area contributed by atoms with E-state index in [4.69, 9.17) is 4.74 Å². The van der Waals surface area contributed by atoms with Gasteiger partial charge in [0.15, 0.2) is 0 Å². The van der Waals surface area contributed by atoms with Gasteiger partial charge in [0.2, 0.25) is 0 Å². The summed E-state index contributed by atoms with van der Waals surface area (Å²) in [6.45, 7) is 8.91. The Labute approximate surface area is 86.5 Å². The summed E-state index contributed by atoms with van der Waals surface area (Å²) < 4.78 is 4.89. The maximum absolute atomic E-state index is 10.7. The van der Waals surface area contributed by atoms with Crippen LogP contribution >= 0.6 is 0 Å². The van der Waals surface area contributed by atoms with Crippen LogP contribution in [-0.4, -0.2) is 25.2 Å². The monoisotopic (exact) mass is 199 g/mol. The first kappa shape index (κ1) is 13.2. The van der Waals surface area contributed by atoms with E-state index in [-0.39, 0.29) is 12.0 Å². The Bertz CT molecular complexity index is 169. The fourth-order valence-corrected chi connectivity index (χ4v) is 1.05. The van der Waals surface area contributed by atoms with Crippen LogP contribution in [0.5, 0.6) is 0 Å². The lowest BCUT2D eigenvalue weighted by molar-refractivity contribution is -0.138. The highest BCUT2D eigenvalue weighted by molar-refractivity contribution is 5.81. The van der Waals surface area contributed by atoms with Crippen molar-refractivity contribution in [3.05, 3.63) is 12.7 Å². The number of ether oxygens (including phenoxy) is 1. The lowest BCUT2D eigenvalue weighted by Crippen LogP contribution is -2.32. The summed E-state index contributed by atoms with van der Waals surface area (Å²) in [6.07, 6.45) is 4.83. The van der Waals surface area contributed by atoms with Crippen molar-refractivity contribution in [3.8, 4) is 0 Å². The van der Waals surface area contributed by atoms with Gasteiger partial charge in [-0.05, 0) is 19.9 Å². The van der Waals surface area contributed by atoms with Crippen molar-refractivity contribution in [1.82, 2.24) is 5.32 Å². The molecule has 0 aromatic rings. The Balaban J connectivity index is 3.31. The third-order valence-electron chi connectivity index (χ3n) is 1.92. The van der Waals surface area contributed by atoms with Gasteiger partial charge in [0.1, 0.15) is 6.61 Å². The molecular weight excluding hydrogens is 178 g/mol. The summed E-state index contributed by atoms with van der Waals surface area (Å²) in [4.78, 5) is 10.7. The Morgan fingerprint density at radius 2 is 2.29 bits per heavy atom. The largest absolute Gasteiger partial charge is 0.461 e. The van der Waals surface area contributed by atoms with Gasteiger partial charge in [-0.15, -0.1) is 0 Å². The average Bonchev–Trinajstić information content (AvgIpc) is 2.21. The van der Waals surface area contributed by atoms with Gasteiger partial charge in [0.25, 0.3) is 0 Å². The minimum atomic E-state index is -0.354. The number of hydrogen-bond acceptors (Lipinski definition) is 3. The maximum atomic E-state index is 10.7. The molecule has 0 bridgehead atoms. The Hall–Kier alpha value is -0.830. The summed E-state index contributed by atoms with van der Waals surface area (Å²) >= 11 is 0. The lowest BCUT2D eigenvalue weighted by atomic mass is 10.2. The van der Waals surface area contributed by atoms with Gasteiger partial charge < -0.3 is 10.1 Å². The molecule has 0 aromatic heterocycles. The molecule has 0 saturated carbocycles. The molecule has 0 aromatic carbocycles. The van der Waals surface area contributed by atoms with Crippen LogP contribution in [0.15, 0.2) is 12.7 Å². The van der Waals surface area contributed by atoms with Crippen LogP contribution < -0.4 is 5.32 Å². The van der Waals surface area contributed by atoms with E-state index in [9.17, 15) is 4.79 Å². The fourth-order valence-electron chi connectivity index (χ4n) is 1.05. The summed E-state index contributed by atoms with van der Waals surface area (Å²) in [5.74, 6) is -0.354. The fraction of sp³-hybridized carbons (Fsp3) is 0.727. The van der Waals surface area contributed by atoms with Crippen molar-refractivity contribution >= 4 is 5.97 Å². The molecule has 0 fully saturated rings. The molecule has 0 rings (SSSR count). The molecule has 1 atom stereocenters. The molecule has 0 aliphatic carbocycles. The number of rotatable bonds is 8. The molecule has 82 valence electrons. The Kier molecular flexibility index (Phi) is 8.24. The molecule has 3 heteroatoms. The van der Waals surface area contributed by atoms with Crippen molar-refractivity contribution < 1.29 is 9.53 Å². The van der Waals surface area contributed by atoms with E-state index in [1.807, 2.05) is 6.92 Å². The Morgan fingerprint density at radius 1 is 1.57 bits per heavy atom. The summed E-state index contributed by atoms with van der Waals surface area (Å²) in [7, 11) is 0. The molecule has 14 heavy (non-hydrogen) atoms. The van der Waals surface area contributed by atoms with Crippen molar-refractivity contribution in [3.63, 3.8) is 0 Å². The lowest BCUT2D eigenvalue weighted by Gasteiger charge is -2.12. The third-order valence-corrected chi connectivity index (χ3v) is 1.92. The van der Waals surface area contributed by atoms with E-state index in [0.717, 1.165) is 6.54 Å². The van der Waals surface area contributed by atoms with Crippen molar-refractivity contribution in [2.45, 2.75) is 39.2 Å². The molecule has 0 spiro atoms. The molecule has 1 unspecified atom stereocenters. The molecule has 0 amide bonds. The van der Waals surface area contributed by atoms with E-state index in [2.05, 4.69) is 18.8 Å². The number of nitrogens with one attached hydrogen (secondary N) is 1. The predicted octanol–water partition coefficient (Wildman–Crippen LogP) is 1.88. The van der Waals surface area contributed by atoms with E-state index >= 15 is 0 Å². The van der Waals surface area contributed by atoms with Gasteiger partial charge >= 0.3 is 5.97 Å². The molecule has 0 saturated heterocycles. The number of esters is 1. The average molecular weight is 199 g/mol. The normalized spacial score (nSPS) is 12.1. The SMILES string of the molecule is C=CC(=O)OCC(C)NCCCCC. The number of unbranched alkanes of at least 4 members (excludes halogenated alkanes) is 2. The number of hydrogen-bond donors (Lipinski definition) is 1. The van der Waals surface area contributed by atoms with Crippen LogP contribution in [-0.2, 0) is 9.53 Å². The number of carbonyl (C=O) groups is 1. The first-order valence-electron chi connectivity index (χ1n) is 5.23. The minimum Gasteiger partial charge on any atom is -0.461 e. The van der Waals surface area contributed by atoms with Gasteiger partial charge in [-0.2, -0.15) is 0 Å². The topological polar surface area (TPSA) is 38.3 Å². The van der Waals surface area contributed by atoms with E-state index in [1.54, 1.807) is 0 Å². The quantitative estimate of drug-likeness (QED) is 0.368. The highest BCUT2D eigenvalue weighted by atomic mass is 16.5. The van der Waals surface area contributed by atoms with Crippen LogP contribution in [0, 0.1) is 0 Å². The van der Waals surface area contributed by atoms with Gasteiger partial charge in [-0.25, -0.2) is 4.79 Å². The van der Waals surface area contributed by atoms with Gasteiger partial charge in [-0.3, -0.25) is 0 Å². The van der Waals surface area contributed by atoms with E-state index in [0.29, 0.717) is 6.61 Å². The van der Waals surface area contributed by atoms with Crippen LogP contribution in [0.25, 0.3) is 0 Å². The van der Waals surface area contributed by atoms with Crippen molar-refractivity contribution in [2.24, 2.45) is 0 Å². The molecule has 0 aliphatic heterocycles. The van der Waals surface area contributed by atoms with E-state index < -0.39 is 0 Å². The first-order valence-corrected chi connectivity index (χ1v) is 5.23. The van der Waals surface area contributed by atoms with Gasteiger partial charge in [0.05, 0.1) is 0 Å². The third kappa shape index (κ3) is 7.80. The molecule has 3 nitrogen and oxygen atoms in total. The zero-order valence-electron chi connectivity index (χ0n) is 9.21. The van der Waals surface area contributed by atoms with Crippen molar-refractivity contribution in [1.29, 1.82) is 0 Å². The van der Waals surface area contributed by atoms with Crippen LogP contribution in [0.1, 0.15) is 33.1 Å². The molecular formula is C11H21NO2. The zero-order chi connectivity index (χ0) is 10.8. The molecule has 0 heterocycles. The van der Waals surface area contributed by atoms with Crippen molar-refractivity contribution in [2.75, 3.05) is 13.2 Å². The molecule has 0 aliphatic rings. The standard InChI is InChI=1S/C11H21NO2/c1-4-6-7-8-12-10(3)9-14-11(13)5-2/h5,10,12H,2,4,6-9H2,1,3H3. The van der Waals surface area contributed by atoms with Crippen LogP contribution in [0.2, 0.25) is 0 Å². The van der Waals surface area contributed by atoms with Gasteiger partial charge in [0, 0.05) is 12.1 Å². The molecule has 0 radical (unpaired) electrons. The highest BCUT2D eigenvalue weighted by Crippen LogP contribution is 1.93. The second-order valence-corrected chi connectivity index (χ2v) is 3.40. The summed E-state index contributed by atoms with van der Waals surface area (Å²) in [5.41, 5.74) is 0. The first-order chi connectivity index (χ1) is 6.70. The summed E-state index contributed by atoms with van der Waals surface area (Å²) in [5, 5.41) is 3.29.